The van der Waals surface area contributed by atoms with Crippen molar-refractivity contribution in [3.8, 4) is 0 Å². The molecule has 212 valence electrons. The summed E-state index contributed by atoms with van der Waals surface area (Å²) < 4.78 is 45.7. The summed E-state index contributed by atoms with van der Waals surface area (Å²) in [4.78, 5) is 11.6. The minimum atomic E-state index is -4.74. The van der Waals surface area contributed by atoms with Crippen LogP contribution in [0.25, 0.3) is 0 Å². The predicted molar refractivity (Wildman–Crippen MR) is 137 cm³/mol. The first-order valence-corrected chi connectivity index (χ1v) is 15.2. The summed E-state index contributed by atoms with van der Waals surface area (Å²) in [5, 5.41) is 10.3. The molecule has 6 heteroatoms. The van der Waals surface area contributed by atoms with E-state index in [9.17, 15) is 23.1 Å². The van der Waals surface area contributed by atoms with Gasteiger partial charge in [0.1, 0.15) is 6.10 Å². The van der Waals surface area contributed by atoms with Crippen LogP contribution in [0.3, 0.4) is 0 Å². The summed E-state index contributed by atoms with van der Waals surface area (Å²) in [6.45, 7) is 11.5. The van der Waals surface area contributed by atoms with Crippen molar-refractivity contribution in [2.24, 2.45) is 76.9 Å². The maximum absolute atomic E-state index is 13.4. The number of ether oxygens (including phenoxy) is 1. The number of carbonyl (C=O) groups is 1. The van der Waals surface area contributed by atoms with Gasteiger partial charge in [-0.2, -0.15) is 13.2 Å². The van der Waals surface area contributed by atoms with Gasteiger partial charge in [0.05, 0.1) is 0 Å². The largest absolute Gasteiger partial charge is 0.462 e. The van der Waals surface area contributed by atoms with E-state index >= 15 is 0 Å². The van der Waals surface area contributed by atoms with E-state index in [2.05, 4.69) is 27.7 Å². The summed E-state index contributed by atoms with van der Waals surface area (Å²) in [5.74, 6) is 7.04. The van der Waals surface area contributed by atoms with E-state index in [1.165, 1.54) is 19.8 Å². The van der Waals surface area contributed by atoms with Crippen molar-refractivity contribution in [3.05, 3.63) is 0 Å². The molecule has 6 fully saturated rings. The molecule has 15 unspecified atom stereocenters. The number of fused-ring (bicyclic) bond motifs is 10. The maximum Gasteiger partial charge on any atom is 0.417 e. The predicted octanol–water partition coefficient (Wildman–Crippen LogP) is 7.51. The van der Waals surface area contributed by atoms with Crippen molar-refractivity contribution < 1.29 is 27.8 Å². The molecule has 6 rings (SSSR count). The van der Waals surface area contributed by atoms with Gasteiger partial charge in [0, 0.05) is 18.8 Å². The van der Waals surface area contributed by atoms with Crippen molar-refractivity contribution in [2.75, 3.05) is 0 Å². The topological polar surface area (TPSA) is 46.5 Å². The van der Waals surface area contributed by atoms with Crippen molar-refractivity contribution in [3.63, 3.8) is 0 Å². The van der Waals surface area contributed by atoms with Gasteiger partial charge in [-0.05, 0) is 111 Å². The summed E-state index contributed by atoms with van der Waals surface area (Å²) in [7, 11) is 0. The molecule has 0 heterocycles. The van der Waals surface area contributed by atoms with Crippen molar-refractivity contribution >= 4 is 5.97 Å². The fourth-order valence-corrected chi connectivity index (χ4v) is 11.0. The fourth-order valence-electron chi connectivity index (χ4n) is 11.0. The minimum absolute atomic E-state index is 0.0577. The van der Waals surface area contributed by atoms with Gasteiger partial charge in [-0.3, -0.25) is 4.79 Å². The average Bonchev–Trinajstić information content (AvgIpc) is 3.55. The molecule has 0 aromatic carbocycles. The lowest BCUT2D eigenvalue weighted by molar-refractivity contribution is -0.292. The Balaban J connectivity index is 0.000000179. The van der Waals surface area contributed by atoms with Crippen LogP contribution >= 0.6 is 0 Å². The number of alkyl halides is 3. The van der Waals surface area contributed by atoms with Gasteiger partial charge < -0.3 is 9.84 Å². The summed E-state index contributed by atoms with van der Waals surface area (Å²) in [6, 6.07) is 0. The molecule has 4 bridgehead atoms. The van der Waals surface area contributed by atoms with Crippen LogP contribution in [0.2, 0.25) is 0 Å². The Hall–Kier alpha value is -0.780. The van der Waals surface area contributed by atoms with E-state index < -0.39 is 29.8 Å². The third kappa shape index (κ3) is 4.38. The third-order valence-electron chi connectivity index (χ3n) is 13.1. The molecular weight excluding hydrogens is 477 g/mol. The summed E-state index contributed by atoms with van der Waals surface area (Å²) >= 11 is 0. The van der Waals surface area contributed by atoms with Crippen LogP contribution in [0, 0.1) is 76.9 Å². The smallest absolute Gasteiger partial charge is 0.417 e. The van der Waals surface area contributed by atoms with Gasteiger partial charge in [-0.25, -0.2) is 0 Å². The molecule has 37 heavy (non-hydrogen) atoms. The van der Waals surface area contributed by atoms with Crippen LogP contribution in [0.15, 0.2) is 0 Å². The standard InChI is InChI=1S/C18H27F3O3.C13H22/c1-8-9(2)13-7-12(8)11-5-6-14(17(4,23)18(19,20)21)16(15(11)13)24-10(3)22;1-8-9(2)13-7-12(8)10-5-3-4-6-11(10)13/h8-9,11-16,23H,5-7H2,1-4H3;8-13H,3-7H2,1-2H3. The summed E-state index contributed by atoms with van der Waals surface area (Å²) in [5.41, 5.74) is -2.84. The fraction of sp³-hybridized carbons (Fsp3) is 0.968. The first-order valence-electron chi connectivity index (χ1n) is 15.2. The Morgan fingerprint density at radius 2 is 1.19 bits per heavy atom. The monoisotopic (exact) mass is 526 g/mol. The van der Waals surface area contributed by atoms with Gasteiger partial charge in [0.15, 0.2) is 5.60 Å². The van der Waals surface area contributed by atoms with Crippen molar-refractivity contribution in [1.29, 1.82) is 0 Å². The maximum atomic E-state index is 13.4. The molecule has 1 N–H and O–H groups in total. The first-order chi connectivity index (χ1) is 17.3. The van der Waals surface area contributed by atoms with Crippen LogP contribution in [0.4, 0.5) is 13.2 Å². The Bertz CT molecular complexity index is 827. The molecule has 3 nitrogen and oxygen atoms in total. The van der Waals surface area contributed by atoms with Crippen LogP contribution in [-0.4, -0.2) is 29.0 Å². The van der Waals surface area contributed by atoms with Gasteiger partial charge in [0.25, 0.3) is 0 Å². The van der Waals surface area contributed by atoms with Crippen LogP contribution < -0.4 is 0 Å². The van der Waals surface area contributed by atoms with E-state index in [1.807, 2.05) is 0 Å². The number of halogens is 3. The highest BCUT2D eigenvalue weighted by molar-refractivity contribution is 5.66. The second-order valence-corrected chi connectivity index (χ2v) is 14.3. The van der Waals surface area contributed by atoms with Gasteiger partial charge in [0.2, 0.25) is 0 Å². The Morgan fingerprint density at radius 1 is 0.730 bits per heavy atom. The van der Waals surface area contributed by atoms with Gasteiger partial charge >= 0.3 is 12.1 Å². The quantitative estimate of drug-likeness (QED) is 0.379. The number of hydrogen-bond donors (Lipinski definition) is 1. The SMILES string of the molecule is CC(=O)OC1C2C3CC(C(C)C3C)C2CCC1C(C)(O)C(F)(F)F.CC1C(C)C2CC1C1CCCCC21. The molecule has 0 radical (unpaired) electrons. The van der Waals surface area contributed by atoms with Crippen LogP contribution in [0.1, 0.15) is 92.9 Å². The molecule has 0 amide bonds. The molecule has 0 aliphatic heterocycles. The molecule has 0 saturated heterocycles. The number of carbonyl (C=O) groups excluding carboxylic acids is 1. The molecule has 6 aliphatic carbocycles. The molecule has 6 aliphatic rings. The van der Waals surface area contributed by atoms with Crippen LogP contribution in [-0.2, 0) is 9.53 Å². The van der Waals surface area contributed by atoms with Crippen molar-refractivity contribution in [2.45, 2.75) is 111 Å². The first kappa shape index (κ1) is 27.8. The van der Waals surface area contributed by atoms with Crippen molar-refractivity contribution in [1.82, 2.24) is 0 Å². The lowest BCUT2D eigenvalue weighted by Crippen LogP contribution is -2.59. The van der Waals surface area contributed by atoms with E-state index in [4.69, 9.17) is 4.74 Å². The summed E-state index contributed by atoms with van der Waals surface area (Å²) in [6.07, 6.45) is 4.16. The number of rotatable bonds is 2. The van der Waals surface area contributed by atoms with Crippen LogP contribution in [0.5, 0.6) is 0 Å². The highest BCUT2D eigenvalue weighted by Crippen LogP contribution is 2.65. The molecule has 15 atom stereocenters. The van der Waals surface area contributed by atoms with E-state index in [-0.39, 0.29) is 18.3 Å². The third-order valence-corrected chi connectivity index (χ3v) is 13.1. The number of aliphatic hydroxyl groups is 1. The molecule has 6 saturated carbocycles. The van der Waals surface area contributed by atoms with E-state index in [1.54, 1.807) is 19.3 Å². The lowest BCUT2D eigenvalue weighted by atomic mass is 9.58. The Labute approximate surface area is 221 Å². The highest BCUT2D eigenvalue weighted by Gasteiger charge is 2.66. The molecule has 0 aromatic rings. The number of hydrogen-bond acceptors (Lipinski definition) is 3. The second kappa shape index (κ2) is 9.70. The molecule has 0 aromatic heterocycles. The van der Waals surface area contributed by atoms with E-state index in [0.717, 1.165) is 48.9 Å². The van der Waals surface area contributed by atoms with Gasteiger partial charge in [-0.1, -0.05) is 40.5 Å². The Morgan fingerprint density at radius 3 is 1.68 bits per heavy atom. The second-order valence-electron chi connectivity index (χ2n) is 14.3. The zero-order valence-corrected chi connectivity index (χ0v) is 23.6. The normalized spacial score (nSPS) is 51.5. The van der Waals surface area contributed by atoms with E-state index in [0.29, 0.717) is 30.1 Å². The highest BCUT2D eigenvalue weighted by atomic mass is 19.4. The zero-order valence-electron chi connectivity index (χ0n) is 23.6. The molecule has 0 spiro atoms. The zero-order chi connectivity index (χ0) is 27.0. The molecular formula is C31H49F3O3. The number of esters is 1. The Kier molecular flexibility index (Phi) is 7.28. The lowest BCUT2D eigenvalue weighted by Gasteiger charge is -2.51. The van der Waals surface area contributed by atoms with Gasteiger partial charge in [-0.15, -0.1) is 0 Å². The minimum Gasteiger partial charge on any atom is -0.462 e. The average molecular weight is 527 g/mol.